The van der Waals surface area contributed by atoms with Gasteiger partial charge in [0.1, 0.15) is 5.78 Å². The first-order chi connectivity index (χ1) is 12.6. The SMILES string of the molecule is CC(=O)CNc1ccc(NC(=O)c2ccc(-c3ccccc3)cc2)cc1. The largest absolute Gasteiger partial charge is 0.378 e. The molecule has 0 saturated heterocycles. The summed E-state index contributed by atoms with van der Waals surface area (Å²) in [5.74, 6) is -0.0876. The van der Waals surface area contributed by atoms with Gasteiger partial charge in [0, 0.05) is 16.9 Å². The molecule has 3 rings (SSSR count). The van der Waals surface area contributed by atoms with Crippen LogP contribution in [0.4, 0.5) is 11.4 Å². The number of ketones is 1. The Kier molecular flexibility index (Phi) is 5.44. The molecule has 0 aliphatic carbocycles. The quantitative estimate of drug-likeness (QED) is 0.687. The van der Waals surface area contributed by atoms with E-state index >= 15 is 0 Å². The van der Waals surface area contributed by atoms with Gasteiger partial charge in [0.25, 0.3) is 5.91 Å². The molecule has 0 aromatic heterocycles. The molecule has 0 aliphatic heterocycles. The minimum Gasteiger partial charge on any atom is -0.378 e. The molecule has 0 heterocycles. The van der Waals surface area contributed by atoms with Crippen LogP contribution >= 0.6 is 0 Å². The number of anilines is 2. The highest BCUT2D eigenvalue weighted by molar-refractivity contribution is 6.04. The van der Waals surface area contributed by atoms with Gasteiger partial charge in [-0.2, -0.15) is 0 Å². The molecule has 0 aliphatic rings. The zero-order valence-electron chi connectivity index (χ0n) is 14.5. The van der Waals surface area contributed by atoms with Crippen LogP contribution in [0.2, 0.25) is 0 Å². The third-order valence-electron chi connectivity index (χ3n) is 3.94. The molecule has 1 amide bonds. The first-order valence-electron chi connectivity index (χ1n) is 8.42. The van der Waals surface area contributed by atoms with E-state index in [0.717, 1.165) is 16.8 Å². The summed E-state index contributed by atoms with van der Waals surface area (Å²) in [6.07, 6.45) is 0. The van der Waals surface area contributed by atoms with Gasteiger partial charge in [0.05, 0.1) is 6.54 Å². The summed E-state index contributed by atoms with van der Waals surface area (Å²) in [5.41, 5.74) is 4.33. The molecule has 0 bridgehead atoms. The fourth-order valence-corrected chi connectivity index (χ4v) is 2.55. The Hall–Kier alpha value is -3.40. The van der Waals surface area contributed by atoms with Crippen LogP contribution in [0.15, 0.2) is 78.9 Å². The number of carbonyl (C=O) groups is 2. The zero-order valence-corrected chi connectivity index (χ0v) is 14.5. The number of rotatable bonds is 6. The van der Waals surface area contributed by atoms with E-state index in [4.69, 9.17) is 0 Å². The highest BCUT2D eigenvalue weighted by Gasteiger charge is 2.07. The lowest BCUT2D eigenvalue weighted by molar-refractivity contribution is -0.115. The van der Waals surface area contributed by atoms with Crippen molar-refractivity contribution < 1.29 is 9.59 Å². The molecule has 0 saturated carbocycles. The number of Topliss-reactive ketones (excluding diaryl/α,β-unsaturated/α-hetero) is 1. The van der Waals surface area contributed by atoms with E-state index in [2.05, 4.69) is 10.6 Å². The van der Waals surface area contributed by atoms with Crippen molar-refractivity contribution in [2.24, 2.45) is 0 Å². The van der Waals surface area contributed by atoms with Gasteiger partial charge >= 0.3 is 0 Å². The van der Waals surface area contributed by atoms with Gasteiger partial charge in [0.2, 0.25) is 0 Å². The van der Waals surface area contributed by atoms with Crippen molar-refractivity contribution in [3.8, 4) is 11.1 Å². The van der Waals surface area contributed by atoms with Gasteiger partial charge < -0.3 is 10.6 Å². The van der Waals surface area contributed by atoms with E-state index in [1.165, 1.54) is 6.92 Å². The third-order valence-corrected chi connectivity index (χ3v) is 3.94. The molecule has 26 heavy (non-hydrogen) atoms. The van der Waals surface area contributed by atoms with Crippen molar-refractivity contribution in [3.63, 3.8) is 0 Å². The Labute approximate surface area is 152 Å². The first kappa shape index (κ1) is 17.4. The van der Waals surface area contributed by atoms with Crippen molar-refractivity contribution >= 4 is 23.1 Å². The maximum absolute atomic E-state index is 12.4. The molecule has 130 valence electrons. The fourth-order valence-electron chi connectivity index (χ4n) is 2.55. The van der Waals surface area contributed by atoms with Gasteiger partial charge in [-0.1, -0.05) is 42.5 Å². The monoisotopic (exact) mass is 344 g/mol. The van der Waals surface area contributed by atoms with Crippen molar-refractivity contribution in [2.45, 2.75) is 6.92 Å². The summed E-state index contributed by atoms with van der Waals surface area (Å²) in [6.45, 7) is 1.82. The first-order valence-corrected chi connectivity index (χ1v) is 8.42. The lowest BCUT2D eigenvalue weighted by Crippen LogP contribution is -2.12. The van der Waals surface area contributed by atoms with E-state index in [0.29, 0.717) is 17.8 Å². The second kappa shape index (κ2) is 8.12. The van der Waals surface area contributed by atoms with Crippen molar-refractivity contribution in [1.29, 1.82) is 0 Å². The molecule has 4 nitrogen and oxygen atoms in total. The normalized spacial score (nSPS) is 10.2. The van der Waals surface area contributed by atoms with Crippen molar-refractivity contribution in [2.75, 3.05) is 17.2 Å². The topological polar surface area (TPSA) is 58.2 Å². The number of carbonyl (C=O) groups excluding carboxylic acids is 2. The Morgan fingerprint density at radius 3 is 1.92 bits per heavy atom. The average molecular weight is 344 g/mol. The molecule has 4 heteroatoms. The number of amides is 1. The Bertz CT molecular complexity index is 886. The predicted molar refractivity (Wildman–Crippen MR) is 105 cm³/mol. The molecule has 0 radical (unpaired) electrons. The zero-order chi connectivity index (χ0) is 18.4. The maximum atomic E-state index is 12.4. The third kappa shape index (κ3) is 4.57. The summed E-state index contributed by atoms with van der Waals surface area (Å²) < 4.78 is 0. The predicted octanol–water partition coefficient (Wildman–Crippen LogP) is 4.61. The summed E-state index contributed by atoms with van der Waals surface area (Å²) in [6, 6.07) is 24.8. The van der Waals surface area contributed by atoms with Gasteiger partial charge in [-0.25, -0.2) is 0 Å². The molecule has 0 spiro atoms. The van der Waals surface area contributed by atoms with Crippen molar-refractivity contribution in [1.82, 2.24) is 0 Å². The van der Waals surface area contributed by atoms with Crippen LogP contribution in [0.1, 0.15) is 17.3 Å². The molecule has 0 atom stereocenters. The lowest BCUT2D eigenvalue weighted by Gasteiger charge is -2.08. The molecule has 0 unspecified atom stereocenters. The van der Waals surface area contributed by atoms with E-state index in [9.17, 15) is 9.59 Å². The van der Waals surface area contributed by atoms with Crippen LogP contribution in [0, 0.1) is 0 Å². The Morgan fingerprint density at radius 2 is 1.31 bits per heavy atom. The minimum absolute atomic E-state index is 0.0707. The van der Waals surface area contributed by atoms with E-state index < -0.39 is 0 Å². The smallest absolute Gasteiger partial charge is 0.255 e. The lowest BCUT2D eigenvalue weighted by atomic mass is 10.0. The molecule has 3 aromatic carbocycles. The Balaban J connectivity index is 1.63. The van der Waals surface area contributed by atoms with E-state index in [1.807, 2.05) is 66.7 Å². The summed E-state index contributed by atoms with van der Waals surface area (Å²) in [4.78, 5) is 23.4. The summed E-state index contributed by atoms with van der Waals surface area (Å²) >= 11 is 0. The second-order valence-electron chi connectivity index (χ2n) is 6.03. The number of nitrogens with one attached hydrogen (secondary N) is 2. The second-order valence-corrected chi connectivity index (χ2v) is 6.03. The van der Waals surface area contributed by atoms with Crippen LogP contribution in [0.5, 0.6) is 0 Å². The van der Waals surface area contributed by atoms with Gasteiger partial charge in [-0.3, -0.25) is 9.59 Å². The van der Waals surface area contributed by atoms with Crippen LogP contribution in [-0.4, -0.2) is 18.2 Å². The molecule has 2 N–H and O–H groups in total. The maximum Gasteiger partial charge on any atom is 0.255 e. The number of benzene rings is 3. The number of hydrogen-bond donors (Lipinski definition) is 2. The minimum atomic E-state index is -0.158. The molecular formula is C22H20N2O2. The van der Waals surface area contributed by atoms with Gasteiger partial charge in [0.15, 0.2) is 0 Å². The van der Waals surface area contributed by atoms with Crippen LogP contribution < -0.4 is 10.6 Å². The number of hydrogen-bond acceptors (Lipinski definition) is 3. The van der Waals surface area contributed by atoms with Crippen LogP contribution in [-0.2, 0) is 4.79 Å². The molecule has 3 aromatic rings. The van der Waals surface area contributed by atoms with Gasteiger partial charge in [-0.05, 0) is 54.4 Å². The van der Waals surface area contributed by atoms with Crippen molar-refractivity contribution in [3.05, 3.63) is 84.4 Å². The van der Waals surface area contributed by atoms with Gasteiger partial charge in [-0.15, -0.1) is 0 Å². The average Bonchev–Trinajstić information content (AvgIpc) is 2.68. The standard InChI is InChI=1S/C22H20N2O2/c1-16(25)15-23-20-11-13-21(14-12-20)24-22(26)19-9-7-18(8-10-19)17-5-3-2-4-6-17/h2-14,23H,15H2,1H3,(H,24,26). The van der Waals surface area contributed by atoms with E-state index in [1.54, 1.807) is 12.1 Å². The summed E-state index contributed by atoms with van der Waals surface area (Å²) in [5, 5.41) is 5.89. The highest BCUT2D eigenvalue weighted by atomic mass is 16.1. The van der Waals surface area contributed by atoms with Crippen LogP contribution in [0.25, 0.3) is 11.1 Å². The molecular weight excluding hydrogens is 324 g/mol. The highest BCUT2D eigenvalue weighted by Crippen LogP contribution is 2.20. The summed E-state index contributed by atoms with van der Waals surface area (Å²) in [7, 11) is 0. The molecule has 0 fully saturated rings. The van der Waals surface area contributed by atoms with Crippen LogP contribution in [0.3, 0.4) is 0 Å². The fraction of sp³-hybridized carbons (Fsp3) is 0.0909. The Morgan fingerprint density at radius 1 is 0.731 bits per heavy atom. The van der Waals surface area contributed by atoms with E-state index in [-0.39, 0.29) is 11.7 Å².